The van der Waals surface area contributed by atoms with Crippen LogP contribution in [0.1, 0.15) is 46.4 Å². The van der Waals surface area contributed by atoms with Gasteiger partial charge in [-0.15, -0.1) is 11.3 Å². The van der Waals surface area contributed by atoms with Crippen LogP contribution in [0, 0.1) is 0 Å². The lowest BCUT2D eigenvalue weighted by Gasteiger charge is -2.23. The second kappa shape index (κ2) is 6.66. The number of rotatable bonds is 4. The van der Waals surface area contributed by atoms with Gasteiger partial charge in [0.15, 0.2) is 0 Å². The minimum Gasteiger partial charge on any atom is -0.465 e. The van der Waals surface area contributed by atoms with Crippen LogP contribution >= 0.6 is 11.3 Å². The molecule has 0 atom stereocenters. The first-order valence-electron chi connectivity index (χ1n) is 7.04. The van der Waals surface area contributed by atoms with Gasteiger partial charge in [0, 0.05) is 4.88 Å². The SMILES string of the molecule is CCOC(=O)C(C)(C)c1ccc(N(N)C(=O)OC(C)(C)C)s1. The molecule has 1 heterocycles. The molecule has 0 aromatic carbocycles. The maximum Gasteiger partial charge on any atom is 0.430 e. The summed E-state index contributed by atoms with van der Waals surface area (Å²) in [6.45, 7) is 10.9. The molecule has 1 aromatic heterocycles. The van der Waals surface area contributed by atoms with Crippen molar-refractivity contribution in [1.82, 2.24) is 0 Å². The zero-order chi connectivity index (χ0) is 17.1. The van der Waals surface area contributed by atoms with Crippen molar-refractivity contribution in [3.8, 4) is 0 Å². The summed E-state index contributed by atoms with van der Waals surface area (Å²) in [5, 5.41) is 1.45. The van der Waals surface area contributed by atoms with E-state index >= 15 is 0 Å². The summed E-state index contributed by atoms with van der Waals surface area (Å²) < 4.78 is 10.3. The van der Waals surface area contributed by atoms with E-state index in [4.69, 9.17) is 15.3 Å². The van der Waals surface area contributed by atoms with Crippen molar-refractivity contribution < 1.29 is 19.1 Å². The predicted molar refractivity (Wildman–Crippen MR) is 86.9 cm³/mol. The Morgan fingerprint density at radius 3 is 2.32 bits per heavy atom. The molecule has 0 saturated heterocycles. The molecule has 0 unspecified atom stereocenters. The van der Waals surface area contributed by atoms with Gasteiger partial charge < -0.3 is 9.47 Å². The number of thiophene rings is 1. The van der Waals surface area contributed by atoms with Gasteiger partial charge in [-0.1, -0.05) is 0 Å². The van der Waals surface area contributed by atoms with Gasteiger partial charge >= 0.3 is 12.1 Å². The fraction of sp³-hybridized carbons (Fsp3) is 0.600. The third-order valence-electron chi connectivity index (χ3n) is 2.82. The van der Waals surface area contributed by atoms with Crippen LogP contribution in [-0.2, 0) is 19.7 Å². The van der Waals surface area contributed by atoms with E-state index < -0.39 is 17.1 Å². The summed E-state index contributed by atoms with van der Waals surface area (Å²) in [4.78, 5) is 24.7. The average molecular weight is 328 g/mol. The van der Waals surface area contributed by atoms with Crippen molar-refractivity contribution in [2.24, 2.45) is 5.84 Å². The topological polar surface area (TPSA) is 81.9 Å². The van der Waals surface area contributed by atoms with E-state index in [2.05, 4.69) is 0 Å². The largest absolute Gasteiger partial charge is 0.465 e. The predicted octanol–water partition coefficient (Wildman–Crippen LogP) is 3.20. The molecule has 0 aliphatic carbocycles. The molecule has 1 rings (SSSR count). The van der Waals surface area contributed by atoms with Gasteiger partial charge in [0.25, 0.3) is 0 Å². The van der Waals surface area contributed by atoms with Crippen molar-refractivity contribution in [3.05, 3.63) is 17.0 Å². The molecule has 1 amide bonds. The van der Waals surface area contributed by atoms with Crippen molar-refractivity contribution in [3.63, 3.8) is 0 Å². The standard InChI is InChI=1S/C15H24N2O4S/c1-7-20-12(18)15(5,6)10-8-9-11(22-10)17(16)13(19)21-14(2,3)4/h8-9H,7,16H2,1-6H3. The molecule has 0 aliphatic heterocycles. The van der Waals surface area contributed by atoms with Gasteiger partial charge in [-0.2, -0.15) is 0 Å². The molecular weight excluding hydrogens is 304 g/mol. The van der Waals surface area contributed by atoms with E-state index in [1.165, 1.54) is 11.3 Å². The molecule has 1 aromatic rings. The molecule has 6 nitrogen and oxygen atoms in total. The third-order valence-corrected chi connectivity index (χ3v) is 4.23. The van der Waals surface area contributed by atoms with Gasteiger partial charge in [0.2, 0.25) is 0 Å². The van der Waals surface area contributed by atoms with Gasteiger partial charge in [0.05, 0.1) is 12.0 Å². The molecule has 0 radical (unpaired) electrons. The van der Waals surface area contributed by atoms with Gasteiger partial charge in [-0.3, -0.25) is 4.79 Å². The van der Waals surface area contributed by atoms with Gasteiger partial charge in [-0.05, 0) is 53.7 Å². The Morgan fingerprint density at radius 1 is 1.23 bits per heavy atom. The summed E-state index contributed by atoms with van der Waals surface area (Å²) in [7, 11) is 0. The molecule has 0 fully saturated rings. The van der Waals surface area contributed by atoms with Crippen LogP contribution in [0.2, 0.25) is 0 Å². The number of hydrogen-bond acceptors (Lipinski definition) is 6. The second-order valence-electron chi connectivity index (χ2n) is 6.33. The van der Waals surface area contributed by atoms with E-state index in [0.29, 0.717) is 11.6 Å². The average Bonchev–Trinajstić information content (AvgIpc) is 2.86. The third kappa shape index (κ3) is 4.45. The van der Waals surface area contributed by atoms with Crippen LogP contribution < -0.4 is 10.9 Å². The highest BCUT2D eigenvalue weighted by atomic mass is 32.1. The first-order valence-corrected chi connectivity index (χ1v) is 7.86. The lowest BCUT2D eigenvalue weighted by molar-refractivity contribution is -0.148. The Hall–Kier alpha value is -1.60. The Labute approximate surface area is 135 Å². The Bertz CT molecular complexity index is 546. The molecule has 2 N–H and O–H groups in total. The van der Waals surface area contributed by atoms with Crippen molar-refractivity contribution in [2.75, 3.05) is 11.6 Å². The monoisotopic (exact) mass is 328 g/mol. The number of esters is 1. The number of hydrazine groups is 1. The second-order valence-corrected chi connectivity index (χ2v) is 7.40. The van der Waals surface area contributed by atoms with Crippen molar-refractivity contribution >= 4 is 28.4 Å². The van der Waals surface area contributed by atoms with Crippen LogP contribution in [0.4, 0.5) is 9.80 Å². The van der Waals surface area contributed by atoms with Crippen molar-refractivity contribution in [2.45, 2.75) is 52.6 Å². The number of anilines is 1. The first-order chi connectivity index (χ1) is 9.99. The molecule has 0 spiro atoms. The van der Waals surface area contributed by atoms with E-state index in [1.54, 1.807) is 53.7 Å². The zero-order valence-electron chi connectivity index (χ0n) is 13.9. The Kier molecular flexibility index (Phi) is 5.59. The number of amides is 1. The van der Waals surface area contributed by atoms with E-state index in [1.807, 2.05) is 0 Å². The normalized spacial score (nSPS) is 12.0. The van der Waals surface area contributed by atoms with Crippen LogP contribution in [-0.4, -0.2) is 24.3 Å². The highest BCUT2D eigenvalue weighted by Crippen LogP contribution is 2.35. The summed E-state index contributed by atoms with van der Waals surface area (Å²) >= 11 is 1.26. The van der Waals surface area contributed by atoms with Gasteiger partial charge in [-0.25, -0.2) is 15.6 Å². The molecule has 0 aliphatic rings. The first kappa shape index (κ1) is 18.4. The number of nitrogens with two attached hydrogens (primary N) is 1. The van der Waals surface area contributed by atoms with E-state index in [0.717, 1.165) is 9.89 Å². The summed E-state index contributed by atoms with van der Waals surface area (Å²) in [6, 6.07) is 3.45. The number of ether oxygens (including phenoxy) is 2. The van der Waals surface area contributed by atoms with E-state index in [-0.39, 0.29) is 5.97 Å². The minimum absolute atomic E-state index is 0.316. The van der Waals surface area contributed by atoms with Crippen LogP contribution in [0.5, 0.6) is 0 Å². The highest BCUT2D eigenvalue weighted by molar-refractivity contribution is 7.16. The zero-order valence-corrected chi connectivity index (χ0v) is 14.7. The van der Waals surface area contributed by atoms with E-state index in [9.17, 15) is 9.59 Å². The molecule has 0 saturated carbocycles. The van der Waals surface area contributed by atoms with Gasteiger partial charge in [0.1, 0.15) is 10.6 Å². The maximum atomic E-state index is 12.0. The maximum absolute atomic E-state index is 12.0. The summed E-state index contributed by atoms with van der Waals surface area (Å²) in [5.74, 6) is 5.47. The Balaban J connectivity index is 2.92. The minimum atomic E-state index is -0.798. The van der Waals surface area contributed by atoms with Crippen molar-refractivity contribution in [1.29, 1.82) is 0 Å². The fourth-order valence-electron chi connectivity index (χ4n) is 1.61. The molecule has 124 valence electrons. The van der Waals surface area contributed by atoms with Crippen LogP contribution in [0.25, 0.3) is 0 Å². The quantitative estimate of drug-likeness (QED) is 0.397. The lowest BCUT2D eigenvalue weighted by Crippen LogP contribution is -2.41. The molecule has 0 bridgehead atoms. The number of carbonyl (C=O) groups excluding carboxylic acids is 2. The fourth-order valence-corrected chi connectivity index (χ4v) is 2.62. The number of carbonyl (C=O) groups is 2. The summed E-state index contributed by atoms with van der Waals surface area (Å²) in [5.41, 5.74) is -1.42. The number of nitrogens with zero attached hydrogens (tertiary/aromatic N) is 1. The Morgan fingerprint density at radius 2 is 1.82 bits per heavy atom. The van der Waals surface area contributed by atoms with Crippen LogP contribution in [0.15, 0.2) is 12.1 Å². The molecular formula is C15H24N2O4S. The lowest BCUT2D eigenvalue weighted by atomic mass is 9.92. The summed E-state index contributed by atoms with van der Waals surface area (Å²) in [6.07, 6.45) is -0.644. The molecule has 22 heavy (non-hydrogen) atoms. The molecule has 7 heteroatoms. The van der Waals surface area contributed by atoms with Crippen LogP contribution in [0.3, 0.4) is 0 Å². The number of hydrogen-bond donors (Lipinski definition) is 1. The smallest absolute Gasteiger partial charge is 0.430 e. The highest BCUT2D eigenvalue weighted by Gasteiger charge is 2.34.